The van der Waals surface area contributed by atoms with Gasteiger partial charge in [0.1, 0.15) is 0 Å². The van der Waals surface area contributed by atoms with Crippen molar-refractivity contribution in [1.29, 1.82) is 0 Å². The van der Waals surface area contributed by atoms with E-state index in [1.165, 1.54) is 19.3 Å². The molecule has 0 amide bonds. The number of rotatable bonds is 5. The van der Waals surface area contributed by atoms with Crippen molar-refractivity contribution in [2.75, 3.05) is 12.4 Å². The quantitative estimate of drug-likeness (QED) is 0.576. The first-order valence-corrected chi connectivity index (χ1v) is 9.51. The van der Waals surface area contributed by atoms with E-state index in [1.807, 2.05) is 0 Å². The highest BCUT2D eigenvalue weighted by Crippen LogP contribution is 2.38. The largest absolute Gasteiger partial charge is 0.378 e. The lowest BCUT2D eigenvalue weighted by Crippen LogP contribution is -2.36. The summed E-state index contributed by atoms with van der Waals surface area (Å²) in [5.74, 6) is 0.0777. The second-order valence-electron chi connectivity index (χ2n) is 5.96. The average molecular weight is 295 g/mol. The third kappa shape index (κ3) is 4.39. The van der Waals surface area contributed by atoms with Crippen LogP contribution in [-0.4, -0.2) is 26.9 Å². The van der Waals surface area contributed by atoms with Gasteiger partial charge < -0.3 is 4.74 Å². The van der Waals surface area contributed by atoms with Crippen LogP contribution in [0.25, 0.3) is 0 Å². The topological polar surface area (TPSA) is 43.4 Å². The Morgan fingerprint density at radius 1 is 1.06 bits per heavy atom. The van der Waals surface area contributed by atoms with Crippen LogP contribution in [0, 0.1) is 5.41 Å². The van der Waals surface area contributed by atoms with Gasteiger partial charge in [0.25, 0.3) is 0 Å². The molecule has 2 rings (SSSR count). The summed E-state index contributed by atoms with van der Waals surface area (Å²) in [6.45, 7) is 0.573. The standard InChI is InChI=1S/C13H23ClO3S/c14-18(15,16)11-13(8-3-1-2-4-9-13)10-17-12-6-5-7-12/h12H,1-11H2. The Balaban J connectivity index is 1.99. The van der Waals surface area contributed by atoms with Crippen molar-refractivity contribution in [2.45, 2.75) is 63.9 Å². The summed E-state index contributed by atoms with van der Waals surface area (Å²) in [5.41, 5.74) is -0.229. The number of hydrogen-bond donors (Lipinski definition) is 0. The lowest BCUT2D eigenvalue weighted by Gasteiger charge is -2.35. The number of ether oxygens (including phenoxy) is 1. The Morgan fingerprint density at radius 3 is 2.11 bits per heavy atom. The van der Waals surface area contributed by atoms with Crippen LogP contribution in [0.4, 0.5) is 0 Å². The molecule has 0 radical (unpaired) electrons. The minimum Gasteiger partial charge on any atom is -0.378 e. The van der Waals surface area contributed by atoms with Gasteiger partial charge in [0.2, 0.25) is 9.05 Å². The number of hydrogen-bond acceptors (Lipinski definition) is 3. The monoisotopic (exact) mass is 294 g/mol. The van der Waals surface area contributed by atoms with Crippen LogP contribution < -0.4 is 0 Å². The van der Waals surface area contributed by atoms with Gasteiger partial charge >= 0.3 is 0 Å². The van der Waals surface area contributed by atoms with Crippen molar-refractivity contribution < 1.29 is 13.2 Å². The van der Waals surface area contributed by atoms with Crippen LogP contribution >= 0.6 is 10.7 Å². The molecule has 2 aliphatic carbocycles. The molecule has 5 heteroatoms. The molecule has 18 heavy (non-hydrogen) atoms. The van der Waals surface area contributed by atoms with Gasteiger partial charge in [-0.1, -0.05) is 25.7 Å². The van der Waals surface area contributed by atoms with E-state index in [0.717, 1.165) is 38.5 Å². The molecule has 3 nitrogen and oxygen atoms in total. The maximum absolute atomic E-state index is 11.5. The average Bonchev–Trinajstić information content (AvgIpc) is 2.39. The second-order valence-corrected chi connectivity index (χ2v) is 8.74. The molecular formula is C13H23ClO3S. The first kappa shape index (κ1) is 14.6. The van der Waals surface area contributed by atoms with Crippen molar-refractivity contribution in [1.82, 2.24) is 0 Å². The van der Waals surface area contributed by atoms with E-state index < -0.39 is 9.05 Å². The van der Waals surface area contributed by atoms with Gasteiger partial charge in [-0.15, -0.1) is 0 Å². The summed E-state index contributed by atoms with van der Waals surface area (Å²) < 4.78 is 28.8. The zero-order valence-electron chi connectivity index (χ0n) is 10.9. The molecule has 0 N–H and O–H groups in total. The van der Waals surface area contributed by atoms with E-state index in [0.29, 0.717) is 12.7 Å². The number of halogens is 1. The molecule has 0 aromatic rings. The van der Waals surface area contributed by atoms with E-state index >= 15 is 0 Å². The fraction of sp³-hybridized carbons (Fsp3) is 1.00. The molecule has 106 valence electrons. The molecule has 0 heterocycles. The molecule has 2 aliphatic rings. The summed E-state index contributed by atoms with van der Waals surface area (Å²) in [4.78, 5) is 0. The van der Waals surface area contributed by atoms with Crippen molar-refractivity contribution in [3.63, 3.8) is 0 Å². The van der Waals surface area contributed by atoms with Crippen molar-refractivity contribution in [3.8, 4) is 0 Å². The molecular weight excluding hydrogens is 272 g/mol. The van der Waals surface area contributed by atoms with Gasteiger partial charge in [0.15, 0.2) is 0 Å². The van der Waals surface area contributed by atoms with Crippen LogP contribution in [0.2, 0.25) is 0 Å². The molecule has 0 aromatic carbocycles. The normalized spacial score (nSPS) is 25.4. The molecule has 0 aliphatic heterocycles. The Labute approximate surface area is 115 Å². The van der Waals surface area contributed by atoms with E-state index in [1.54, 1.807) is 0 Å². The Hall–Kier alpha value is 0.200. The Morgan fingerprint density at radius 2 is 1.67 bits per heavy atom. The van der Waals surface area contributed by atoms with Gasteiger partial charge in [-0.3, -0.25) is 0 Å². The molecule has 0 saturated heterocycles. The first-order chi connectivity index (χ1) is 8.49. The molecule has 0 bridgehead atoms. The van der Waals surface area contributed by atoms with Crippen LogP contribution in [0.3, 0.4) is 0 Å². The SMILES string of the molecule is O=S(=O)(Cl)CC1(COC2CCC2)CCCCCC1. The fourth-order valence-corrected chi connectivity index (χ4v) is 4.80. The maximum Gasteiger partial charge on any atom is 0.233 e. The lowest BCUT2D eigenvalue weighted by molar-refractivity contribution is -0.0431. The van der Waals surface area contributed by atoms with Gasteiger partial charge in [0.05, 0.1) is 18.5 Å². The van der Waals surface area contributed by atoms with Gasteiger partial charge in [-0.2, -0.15) is 0 Å². The minimum atomic E-state index is -3.44. The van der Waals surface area contributed by atoms with Crippen LogP contribution in [0.15, 0.2) is 0 Å². The van der Waals surface area contributed by atoms with Crippen LogP contribution in [-0.2, 0) is 13.8 Å². The molecule has 0 atom stereocenters. The van der Waals surface area contributed by atoms with Crippen molar-refractivity contribution >= 4 is 19.7 Å². The summed E-state index contributed by atoms with van der Waals surface area (Å²) in [6, 6.07) is 0. The predicted octanol–water partition coefficient (Wildman–Crippen LogP) is 3.46. The van der Waals surface area contributed by atoms with Crippen LogP contribution in [0.1, 0.15) is 57.8 Å². The third-order valence-corrected chi connectivity index (χ3v) is 5.60. The fourth-order valence-electron chi connectivity index (χ4n) is 3.01. The zero-order chi connectivity index (χ0) is 13.1. The predicted molar refractivity (Wildman–Crippen MR) is 73.4 cm³/mol. The highest BCUT2D eigenvalue weighted by atomic mass is 35.7. The Bertz CT molecular complexity index is 354. The Kier molecular flexibility index (Phi) is 4.95. The molecule has 0 unspecified atom stereocenters. The van der Waals surface area contributed by atoms with Gasteiger partial charge in [-0.25, -0.2) is 8.42 Å². The third-order valence-electron chi connectivity index (χ3n) is 4.32. The van der Waals surface area contributed by atoms with E-state index in [4.69, 9.17) is 15.4 Å². The van der Waals surface area contributed by atoms with Crippen molar-refractivity contribution in [3.05, 3.63) is 0 Å². The highest BCUT2D eigenvalue weighted by molar-refractivity contribution is 8.13. The van der Waals surface area contributed by atoms with Gasteiger partial charge in [0, 0.05) is 16.1 Å². The molecule has 2 fully saturated rings. The summed E-state index contributed by atoms with van der Waals surface area (Å²) in [5, 5.41) is 0. The summed E-state index contributed by atoms with van der Waals surface area (Å²) in [7, 11) is 2.05. The summed E-state index contributed by atoms with van der Waals surface area (Å²) >= 11 is 0. The minimum absolute atomic E-state index is 0.0777. The van der Waals surface area contributed by atoms with Crippen LogP contribution in [0.5, 0.6) is 0 Å². The molecule has 2 saturated carbocycles. The molecule has 0 aromatic heterocycles. The maximum atomic E-state index is 11.5. The van der Waals surface area contributed by atoms with Crippen molar-refractivity contribution in [2.24, 2.45) is 5.41 Å². The van der Waals surface area contributed by atoms with E-state index in [2.05, 4.69) is 0 Å². The van der Waals surface area contributed by atoms with E-state index in [9.17, 15) is 8.42 Å². The second kappa shape index (κ2) is 6.10. The summed E-state index contributed by atoms with van der Waals surface area (Å²) in [6.07, 6.45) is 10.3. The zero-order valence-corrected chi connectivity index (χ0v) is 12.4. The highest BCUT2D eigenvalue weighted by Gasteiger charge is 2.36. The first-order valence-electron chi connectivity index (χ1n) is 7.03. The molecule has 0 spiro atoms. The van der Waals surface area contributed by atoms with Gasteiger partial charge in [-0.05, 0) is 32.1 Å². The lowest BCUT2D eigenvalue weighted by atomic mass is 9.83. The van der Waals surface area contributed by atoms with E-state index in [-0.39, 0.29) is 11.2 Å². The smallest absolute Gasteiger partial charge is 0.233 e.